The van der Waals surface area contributed by atoms with Crippen molar-refractivity contribution >= 4 is 45.4 Å². The molecule has 0 saturated carbocycles. The summed E-state index contributed by atoms with van der Waals surface area (Å²) in [5, 5.41) is 23.8. The Labute approximate surface area is 291 Å². The van der Waals surface area contributed by atoms with Crippen molar-refractivity contribution in [2.24, 2.45) is 5.16 Å². The number of phenolic OH excluding ortho intramolecular Hbond substituents is 1. The Balaban J connectivity index is 0.000000176. The summed E-state index contributed by atoms with van der Waals surface area (Å²) in [6.45, 7) is 1.58. The van der Waals surface area contributed by atoms with Crippen LogP contribution in [0.3, 0.4) is 0 Å². The fourth-order valence-corrected chi connectivity index (χ4v) is 5.43. The summed E-state index contributed by atoms with van der Waals surface area (Å²) >= 11 is 0. The molecule has 0 amide bonds. The summed E-state index contributed by atoms with van der Waals surface area (Å²) in [7, 11) is 4.07. The van der Waals surface area contributed by atoms with Gasteiger partial charge in [0.1, 0.15) is 39.4 Å². The maximum Gasteiger partial charge on any atom is 0.193 e. The van der Waals surface area contributed by atoms with Crippen LogP contribution in [0, 0.1) is 0 Å². The number of benzene rings is 2. The third-order valence-electron chi connectivity index (χ3n) is 7.89. The number of phenols is 1. The molecule has 0 bridgehead atoms. The van der Waals surface area contributed by atoms with Gasteiger partial charge in [-0.3, -0.25) is 4.79 Å². The van der Waals surface area contributed by atoms with Crippen molar-refractivity contribution in [3.8, 4) is 34.4 Å². The van der Waals surface area contributed by atoms with Gasteiger partial charge >= 0.3 is 0 Å². The third kappa shape index (κ3) is 7.16. The van der Waals surface area contributed by atoms with Crippen LogP contribution in [0.1, 0.15) is 6.42 Å². The number of hydrogen-bond acceptors (Lipinski definition) is 10. The molecule has 6 aromatic heterocycles. The lowest BCUT2D eigenvalue weighted by atomic mass is 10.2. The van der Waals surface area contributed by atoms with Crippen molar-refractivity contribution in [1.82, 2.24) is 23.7 Å². The summed E-state index contributed by atoms with van der Waals surface area (Å²) < 4.78 is 21.4. The molecule has 0 saturated heterocycles. The summed E-state index contributed by atoms with van der Waals surface area (Å²) in [4.78, 5) is 23.0. The van der Waals surface area contributed by atoms with E-state index in [9.17, 15) is 15.1 Å². The van der Waals surface area contributed by atoms with Crippen molar-refractivity contribution in [2.75, 3.05) is 27.2 Å². The van der Waals surface area contributed by atoms with Gasteiger partial charge in [0, 0.05) is 42.1 Å². The van der Waals surface area contributed by atoms with Gasteiger partial charge < -0.3 is 37.6 Å². The smallest absolute Gasteiger partial charge is 0.193 e. The Morgan fingerprint density at radius 2 is 1.42 bits per heavy atom. The number of rotatable bonds is 7. The number of halogens is 1. The lowest BCUT2D eigenvalue weighted by Gasteiger charge is -2.11. The van der Waals surface area contributed by atoms with Crippen LogP contribution in [0.25, 0.3) is 55.9 Å². The van der Waals surface area contributed by atoms with E-state index in [0.29, 0.717) is 62.6 Å². The van der Waals surface area contributed by atoms with Gasteiger partial charge in [-0.25, -0.2) is 9.97 Å². The molecule has 0 aliphatic heterocycles. The topological polar surface area (TPSA) is 143 Å². The van der Waals surface area contributed by atoms with Crippen LogP contribution in [0.5, 0.6) is 11.5 Å². The van der Waals surface area contributed by atoms with Gasteiger partial charge in [0.05, 0.1) is 30.0 Å². The lowest BCUT2D eigenvalue weighted by molar-refractivity contribution is 0.281. The Bertz CT molecular complexity index is 2570. The van der Waals surface area contributed by atoms with Gasteiger partial charge in [0.25, 0.3) is 0 Å². The molecule has 12 nitrogen and oxygen atoms in total. The molecule has 0 spiro atoms. The van der Waals surface area contributed by atoms with Crippen molar-refractivity contribution in [3.63, 3.8) is 0 Å². The predicted molar refractivity (Wildman–Crippen MR) is 192 cm³/mol. The second kappa shape index (κ2) is 14.6. The van der Waals surface area contributed by atoms with E-state index < -0.39 is 0 Å². The highest BCUT2D eigenvalue weighted by molar-refractivity contribution is 5.85. The average Bonchev–Trinajstić information content (AvgIpc) is 3.79. The molecule has 2 N–H and O–H groups in total. The van der Waals surface area contributed by atoms with E-state index in [1.54, 1.807) is 24.8 Å². The monoisotopic (exact) mass is 692 g/mol. The molecule has 50 heavy (non-hydrogen) atoms. The molecule has 13 heteroatoms. The molecule has 0 atom stereocenters. The Hall–Kier alpha value is -6.11. The quantitative estimate of drug-likeness (QED) is 0.107. The molecule has 0 aliphatic carbocycles. The standard InChI is InChI=1S/C21H22N4O3.C16H10N2O3.ClH/c1-24(2)8-4-10-27-16-6-7-20-17(12-16)18(23-26)13-21(28-20)19-11-15-5-3-9-25(15)14-22-19;19-11-3-4-15-12(7-11)14(20)8-16(21-15)13-6-10-2-1-5-18(10)9-17-13;/h3,5-7,9,11-14,26H,4,8,10H2,1-2H3;1-9,19H;1H. The fourth-order valence-electron chi connectivity index (χ4n) is 5.43. The van der Waals surface area contributed by atoms with E-state index in [1.807, 2.05) is 89.9 Å². The summed E-state index contributed by atoms with van der Waals surface area (Å²) in [6, 6.07) is 24.6. The van der Waals surface area contributed by atoms with E-state index >= 15 is 0 Å². The summed E-state index contributed by atoms with van der Waals surface area (Å²) in [6.07, 6.45) is 8.15. The summed E-state index contributed by atoms with van der Waals surface area (Å²) in [5.74, 6) is 1.69. The highest BCUT2D eigenvalue weighted by atomic mass is 35.5. The van der Waals surface area contributed by atoms with Crippen molar-refractivity contribution in [1.29, 1.82) is 0 Å². The first kappa shape index (κ1) is 33.8. The van der Waals surface area contributed by atoms with Crippen molar-refractivity contribution < 1.29 is 23.9 Å². The van der Waals surface area contributed by atoms with Crippen LogP contribution in [0.2, 0.25) is 0 Å². The van der Waals surface area contributed by atoms with Crippen molar-refractivity contribution in [2.45, 2.75) is 6.42 Å². The first-order valence-corrected chi connectivity index (χ1v) is 15.5. The maximum absolute atomic E-state index is 12.1. The minimum Gasteiger partial charge on any atom is -0.508 e. The lowest BCUT2D eigenvalue weighted by Crippen LogP contribution is -2.15. The molecule has 0 aliphatic rings. The van der Waals surface area contributed by atoms with Gasteiger partial charge in [-0.1, -0.05) is 5.16 Å². The van der Waals surface area contributed by atoms with Gasteiger partial charge in [0.15, 0.2) is 16.9 Å². The Morgan fingerprint density at radius 3 is 2.06 bits per heavy atom. The second-order valence-corrected chi connectivity index (χ2v) is 11.6. The molecule has 8 rings (SSSR count). The second-order valence-electron chi connectivity index (χ2n) is 11.6. The van der Waals surface area contributed by atoms with Gasteiger partial charge in [-0.2, -0.15) is 0 Å². The number of nitrogens with zero attached hydrogens (tertiary/aromatic N) is 6. The van der Waals surface area contributed by atoms with Crippen LogP contribution in [0.4, 0.5) is 0 Å². The number of ether oxygens (including phenoxy) is 1. The van der Waals surface area contributed by atoms with E-state index in [2.05, 4.69) is 20.0 Å². The number of hydrogen-bond donors (Lipinski definition) is 2. The molecular weight excluding hydrogens is 660 g/mol. The zero-order valence-electron chi connectivity index (χ0n) is 27.1. The Morgan fingerprint density at radius 1 is 0.800 bits per heavy atom. The number of aromatic nitrogens is 4. The van der Waals surface area contributed by atoms with Crippen LogP contribution in [0.15, 0.2) is 129 Å². The van der Waals surface area contributed by atoms with Crippen LogP contribution in [-0.4, -0.2) is 61.2 Å². The normalized spacial score (nSPS) is 11.6. The van der Waals surface area contributed by atoms with Crippen LogP contribution in [-0.2, 0) is 0 Å². The summed E-state index contributed by atoms with van der Waals surface area (Å²) in [5.41, 5.74) is 4.04. The molecule has 8 aromatic rings. The van der Waals surface area contributed by atoms with Gasteiger partial charge in [-0.15, -0.1) is 12.4 Å². The molecule has 0 fully saturated rings. The van der Waals surface area contributed by atoms with Crippen LogP contribution < -0.4 is 15.5 Å². The van der Waals surface area contributed by atoms with Crippen LogP contribution >= 0.6 is 12.4 Å². The highest BCUT2D eigenvalue weighted by Crippen LogP contribution is 2.26. The highest BCUT2D eigenvalue weighted by Gasteiger charge is 2.11. The first-order valence-electron chi connectivity index (χ1n) is 15.5. The van der Waals surface area contributed by atoms with E-state index in [1.165, 1.54) is 18.2 Å². The van der Waals surface area contributed by atoms with E-state index in [-0.39, 0.29) is 23.6 Å². The van der Waals surface area contributed by atoms with E-state index in [4.69, 9.17) is 13.6 Å². The molecule has 254 valence electrons. The molecule has 2 aromatic carbocycles. The third-order valence-corrected chi connectivity index (χ3v) is 7.89. The number of aromatic hydroxyl groups is 1. The Kier molecular flexibility index (Phi) is 9.84. The maximum atomic E-state index is 12.1. The fraction of sp³-hybridized carbons (Fsp3) is 0.135. The zero-order valence-corrected chi connectivity index (χ0v) is 27.9. The minimum atomic E-state index is -0.209. The van der Waals surface area contributed by atoms with Crippen molar-refractivity contribution in [3.05, 3.63) is 126 Å². The van der Waals surface area contributed by atoms with Gasteiger partial charge in [0.2, 0.25) is 0 Å². The van der Waals surface area contributed by atoms with Gasteiger partial charge in [-0.05, 0) is 93.3 Å². The average molecular weight is 693 g/mol. The molecule has 0 radical (unpaired) electrons. The first-order chi connectivity index (χ1) is 23.8. The largest absolute Gasteiger partial charge is 0.508 e. The molecule has 6 heterocycles. The number of fused-ring (bicyclic) bond motifs is 4. The predicted octanol–water partition coefficient (Wildman–Crippen LogP) is 6.60. The SMILES string of the molecule is CN(C)CCCOc1ccc2oc(-c3cc4cccn4cn3)cc(=NO)c2c1.Cl.O=c1cc(-c2cc3cccn3cn2)oc2ccc(O)cc12. The zero-order chi connectivity index (χ0) is 33.9. The van der Waals surface area contributed by atoms with E-state index in [0.717, 1.165) is 24.0 Å². The minimum absolute atomic E-state index is 0. The molecular formula is C37H33ClN6O6. The molecule has 0 unspecified atom stereocenters.